The van der Waals surface area contributed by atoms with Gasteiger partial charge in [0.05, 0.1) is 31.9 Å². The van der Waals surface area contributed by atoms with Crippen molar-refractivity contribution >= 4 is 52.6 Å². The number of aryl methyl sites for hydroxylation is 1. The Bertz CT molecular complexity index is 2160. The predicted octanol–water partition coefficient (Wildman–Crippen LogP) is 7.81. The minimum atomic E-state index is -0.765. The Kier molecular flexibility index (Phi) is 12.5. The van der Waals surface area contributed by atoms with Crippen LogP contribution in [0.1, 0.15) is 32.3 Å². The van der Waals surface area contributed by atoms with Crippen LogP contribution in [0.2, 0.25) is 0 Å². The third-order valence-electron chi connectivity index (χ3n) is 7.94. The lowest BCUT2D eigenvalue weighted by atomic mass is 10.1. The quantitative estimate of drug-likeness (QED) is 0.0448. The highest BCUT2D eigenvalue weighted by atomic mass is 32.2. The first-order chi connectivity index (χ1) is 25.6. The first kappa shape index (κ1) is 37.7. The second-order valence-corrected chi connectivity index (χ2v) is 12.6. The van der Waals surface area contributed by atoms with E-state index in [4.69, 9.17) is 14.2 Å². The van der Waals surface area contributed by atoms with Crippen molar-refractivity contribution in [3.8, 4) is 17.2 Å². The first-order valence-electron chi connectivity index (χ1n) is 16.2. The minimum Gasteiger partial charge on any atom is -0.496 e. The van der Waals surface area contributed by atoms with E-state index in [1.165, 1.54) is 51.3 Å². The van der Waals surface area contributed by atoms with Gasteiger partial charge in [-0.1, -0.05) is 60.7 Å². The Morgan fingerprint density at radius 3 is 2.08 bits per heavy atom. The standard InChI is InChI=1S/C40H36N4O8S/c1-25-18-19-30(44(48)49)23-32(25)42-40(47)37(26-12-7-5-8-13-26)53-31-17-11-16-29(22-31)41-39(46)33(43-38(45)27-14-9-6-10-15-27)20-28-21-35(51-3)36(52-4)24-34(28)50-2/h5-24,37H,1-4H3,(H,41,46)(H,42,47)(H,43,45)/b33-20+. The fraction of sp³-hybridized carbons (Fsp3) is 0.125. The van der Waals surface area contributed by atoms with Crippen molar-refractivity contribution in [1.29, 1.82) is 0 Å². The van der Waals surface area contributed by atoms with Gasteiger partial charge in [-0.3, -0.25) is 24.5 Å². The molecule has 0 aliphatic heterocycles. The highest BCUT2D eigenvalue weighted by Gasteiger charge is 2.24. The van der Waals surface area contributed by atoms with E-state index in [9.17, 15) is 24.5 Å². The van der Waals surface area contributed by atoms with Crippen LogP contribution in [0.3, 0.4) is 0 Å². The Morgan fingerprint density at radius 2 is 1.42 bits per heavy atom. The fourth-order valence-corrected chi connectivity index (χ4v) is 6.29. The Balaban J connectivity index is 1.44. The molecular formula is C40H36N4O8S. The summed E-state index contributed by atoms with van der Waals surface area (Å²) in [5, 5.41) is 19.1. The molecule has 5 aromatic carbocycles. The number of non-ortho nitro benzene ring substituents is 1. The Hall–Kier alpha value is -6.60. The molecule has 270 valence electrons. The summed E-state index contributed by atoms with van der Waals surface area (Å²) >= 11 is 1.23. The molecule has 0 aliphatic carbocycles. The maximum atomic E-state index is 13.9. The van der Waals surface area contributed by atoms with E-state index in [0.29, 0.717) is 55.8 Å². The topological polar surface area (TPSA) is 158 Å². The summed E-state index contributed by atoms with van der Waals surface area (Å²) in [6.07, 6.45) is 1.47. The summed E-state index contributed by atoms with van der Waals surface area (Å²) in [5.74, 6) is -0.366. The molecule has 12 nitrogen and oxygen atoms in total. The second-order valence-electron chi connectivity index (χ2n) is 11.5. The normalized spacial score (nSPS) is 11.5. The molecule has 3 amide bonds. The summed E-state index contributed by atoms with van der Waals surface area (Å²) in [7, 11) is 4.44. The van der Waals surface area contributed by atoms with Crippen LogP contribution in [0.5, 0.6) is 17.2 Å². The number of hydrogen-bond donors (Lipinski definition) is 3. The zero-order valence-corrected chi connectivity index (χ0v) is 30.1. The molecule has 0 radical (unpaired) electrons. The van der Waals surface area contributed by atoms with Crippen LogP contribution in [-0.4, -0.2) is 44.0 Å². The van der Waals surface area contributed by atoms with Gasteiger partial charge in [-0.05, 0) is 60.5 Å². The first-order valence-corrected chi connectivity index (χ1v) is 17.0. The fourth-order valence-electron chi connectivity index (χ4n) is 5.20. The van der Waals surface area contributed by atoms with Crippen LogP contribution in [-0.2, 0) is 9.59 Å². The van der Waals surface area contributed by atoms with Gasteiger partial charge in [-0.2, -0.15) is 0 Å². The molecule has 0 spiro atoms. The maximum absolute atomic E-state index is 13.9. The molecule has 3 N–H and O–H groups in total. The summed E-state index contributed by atoms with van der Waals surface area (Å²) in [6, 6.07) is 32.0. The number of carbonyl (C=O) groups excluding carboxylic acids is 3. The molecule has 13 heteroatoms. The van der Waals surface area contributed by atoms with Crippen molar-refractivity contribution < 1.29 is 33.5 Å². The minimum absolute atomic E-state index is 0.0868. The number of rotatable bonds is 14. The van der Waals surface area contributed by atoms with Gasteiger partial charge >= 0.3 is 0 Å². The lowest BCUT2D eigenvalue weighted by molar-refractivity contribution is -0.384. The number of nitro benzene ring substituents is 1. The summed E-state index contributed by atoms with van der Waals surface area (Å²) in [5.41, 5.74) is 2.63. The average Bonchev–Trinajstić information content (AvgIpc) is 3.17. The molecule has 53 heavy (non-hydrogen) atoms. The number of nitrogens with one attached hydrogen (secondary N) is 3. The number of nitro groups is 1. The molecule has 0 aliphatic rings. The number of carbonyl (C=O) groups is 3. The molecule has 0 aromatic heterocycles. The van der Waals surface area contributed by atoms with Crippen LogP contribution in [0.4, 0.5) is 17.1 Å². The zero-order valence-electron chi connectivity index (χ0n) is 29.2. The molecule has 5 aromatic rings. The molecule has 5 rings (SSSR count). The number of thioether (sulfide) groups is 1. The SMILES string of the molecule is COc1cc(OC)c(OC)cc1/C=C(/NC(=O)c1ccccc1)C(=O)Nc1cccc(SC(C(=O)Nc2cc([N+](=O)[O-])ccc2C)c2ccccc2)c1. The Labute approximate surface area is 310 Å². The predicted molar refractivity (Wildman–Crippen MR) is 205 cm³/mol. The summed E-state index contributed by atoms with van der Waals surface area (Å²) in [4.78, 5) is 52.5. The van der Waals surface area contributed by atoms with Gasteiger partial charge in [0, 0.05) is 39.9 Å². The molecule has 0 saturated carbocycles. The number of methoxy groups -OCH3 is 3. The number of benzene rings is 5. The van der Waals surface area contributed by atoms with Crippen LogP contribution >= 0.6 is 11.8 Å². The number of nitrogens with zero attached hydrogens (tertiary/aromatic N) is 1. The number of anilines is 2. The lowest BCUT2D eigenvalue weighted by Gasteiger charge is -2.18. The molecular weight excluding hydrogens is 697 g/mol. The van der Waals surface area contributed by atoms with Gasteiger partial charge in [0.25, 0.3) is 17.5 Å². The van der Waals surface area contributed by atoms with Crippen molar-refractivity contribution in [3.63, 3.8) is 0 Å². The largest absolute Gasteiger partial charge is 0.496 e. The van der Waals surface area contributed by atoms with E-state index in [2.05, 4.69) is 16.0 Å². The number of hydrogen-bond acceptors (Lipinski definition) is 9. The van der Waals surface area contributed by atoms with Gasteiger partial charge in [0.15, 0.2) is 11.5 Å². The maximum Gasteiger partial charge on any atom is 0.272 e. The number of ether oxygens (including phenoxy) is 3. The van der Waals surface area contributed by atoms with Gasteiger partial charge in [-0.15, -0.1) is 11.8 Å². The summed E-state index contributed by atoms with van der Waals surface area (Å²) < 4.78 is 16.4. The molecule has 0 saturated heterocycles. The van der Waals surface area contributed by atoms with Gasteiger partial charge < -0.3 is 30.2 Å². The van der Waals surface area contributed by atoms with E-state index < -0.39 is 27.9 Å². The lowest BCUT2D eigenvalue weighted by Crippen LogP contribution is -2.30. The molecule has 0 fully saturated rings. The van der Waals surface area contributed by atoms with Crippen molar-refractivity contribution in [2.45, 2.75) is 17.1 Å². The van der Waals surface area contributed by atoms with E-state index in [1.54, 1.807) is 79.7 Å². The Morgan fingerprint density at radius 1 is 0.755 bits per heavy atom. The average molecular weight is 733 g/mol. The van der Waals surface area contributed by atoms with Gasteiger partial charge in [-0.25, -0.2) is 0 Å². The van der Waals surface area contributed by atoms with Gasteiger partial charge in [0.1, 0.15) is 16.7 Å². The van der Waals surface area contributed by atoms with E-state index in [-0.39, 0.29) is 11.4 Å². The molecule has 1 unspecified atom stereocenters. The van der Waals surface area contributed by atoms with Crippen LogP contribution in [0.25, 0.3) is 6.08 Å². The third kappa shape index (κ3) is 9.60. The van der Waals surface area contributed by atoms with Crippen molar-refractivity contribution in [1.82, 2.24) is 5.32 Å². The van der Waals surface area contributed by atoms with E-state index >= 15 is 0 Å². The number of amides is 3. The van der Waals surface area contributed by atoms with E-state index in [0.717, 1.165) is 0 Å². The van der Waals surface area contributed by atoms with Crippen molar-refractivity contribution in [3.05, 3.63) is 153 Å². The third-order valence-corrected chi connectivity index (χ3v) is 9.19. The molecule has 0 bridgehead atoms. The monoisotopic (exact) mass is 732 g/mol. The van der Waals surface area contributed by atoms with E-state index in [1.807, 2.05) is 30.3 Å². The summed E-state index contributed by atoms with van der Waals surface area (Å²) in [6.45, 7) is 1.75. The van der Waals surface area contributed by atoms with Crippen molar-refractivity contribution in [2.24, 2.45) is 0 Å². The molecule has 0 heterocycles. The van der Waals surface area contributed by atoms with Crippen LogP contribution in [0, 0.1) is 17.0 Å². The van der Waals surface area contributed by atoms with Crippen LogP contribution < -0.4 is 30.2 Å². The molecule has 1 atom stereocenters. The second kappa shape index (κ2) is 17.6. The highest BCUT2D eigenvalue weighted by Crippen LogP contribution is 2.38. The van der Waals surface area contributed by atoms with Crippen LogP contribution in [0.15, 0.2) is 126 Å². The highest BCUT2D eigenvalue weighted by molar-refractivity contribution is 8.00. The smallest absolute Gasteiger partial charge is 0.272 e. The van der Waals surface area contributed by atoms with Gasteiger partial charge in [0.2, 0.25) is 5.91 Å². The van der Waals surface area contributed by atoms with Crippen molar-refractivity contribution in [2.75, 3.05) is 32.0 Å². The zero-order chi connectivity index (χ0) is 37.9.